The predicted molar refractivity (Wildman–Crippen MR) is 151 cm³/mol. The number of pyridine rings is 1. The first kappa shape index (κ1) is 26.7. The maximum atomic E-state index is 6.17. The Hall–Kier alpha value is -1.87. The molecule has 0 aliphatic carbocycles. The lowest BCUT2D eigenvalue weighted by atomic mass is 9.89. The molecule has 4 rings (SSSR count). The summed E-state index contributed by atoms with van der Waals surface area (Å²) in [6, 6.07) is 13.1. The van der Waals surface area contributed by atoms with Gasteiger partial charge in [-0.1, -0.05) is 48.7 Å². The Kier molecular flexibility index (Phi) is 10.9. The first-order valence-electron chi connectivity index (χ1n) is 12.6. The molecule has 34 heavy (non-hydrogen) atoms. The van der Waals surface area contributed by atoms with Gasteiger partial charge in [0.25, 0.3) is 0 Å². The highest BCUT2D eigenvalue weighted by atomic mass is 127. The quantitative estimate of drug-likeness (QED) is 0.280. The number of benzene rings is 1. The molecule has 3 heterocycles. The molecule has 0 amide bonds. The number of ether oxygens (including phenoxy) is 1. The van der Waals surface area contributed by atoms with Crippen LogP contribution in [-0.4, -0.2) is 44.2 Å². The summed E-state index contributed by atoms with van der Waals surface area (Å²) >= 11 is 0. The average molecular weight is 578 g/mol. The van der Waals surface area contributed by atoms with Crippen molar-refractivity contribution in [1.82, 2.24) is 15.6 Å². The summed E-state index contributed by atoms with van der Waals surface area (Å²) in [5.41, 5.74) is 3.71. The molecular formula is C27H40IN5O. The number of guanidine groups is 1. The second-order valence-electron chi connectivity index (χ2n) is 9.34. The summed E-state index contributed by atoms with van der Waals surface area (Å²) in [6.45, 7) is 6.74. The molecule has 0 spiro atoms. The van der Waals surface area contributed by atoms with Crippen LogP contribution in [0.25, 0.3) is 0 Å². The van der Waals surface area contributed by atoms with Crippen molar-refractivity contribution in [3.8, 4) is 0 Å². The second kappa shape index (κ2) is 13.9. The van der Waals surface area contributed by atoms with Crippen molar-refractivity contribution in [3.63, 3.8) is 0 Å². The summed E-state index contributed by atoms with van der Waals surface area (Å²) < 4.78 is 6.17. The van der Waals surface area contributed by atoms with Crippen LogP contribution in [-0.2, 0) is 11.3 Å². The van der Waals surface area contributed by atoms with Crippen LogP contribution in [0.5, 0.6) is 0 Å². The molecular weight excluding hydrogens is 537 g/mol. The molecule has 2 N–H and O–H groups in total. The fourth-order valence-corrected chi connectivity index (χ4v) is 4.82. The number of halogens is 1. The molecule has 0 bridgehead atoms. The lowest BCUT2D eigenvalue weighted by Gasteiger charge is -2.32. The molecule has 2 unspecified atom stereocenters. The van der Waals surface area contributed by atoms with E-state index < -0.39 is 0 Å². The Morgan fingerprint density at radius 1 is 1.03 bits per heavy atom. The third kappa shape index (κ3) is 7.57. The third-order valence-corrected chi connectivity index (χ3v) is 6.81. The van der Waals surface area contributed by atoms with Crippen molar-refractivity contribution in [2.45, 2.75) is 58.1 Å². The van der Waals surface area contributed by atoms with E-state index in [0.29, 0.717) is 12.5 Å². The van der Waals surface area contributed by atoms with E-state index in [2.05, 4.69) is 63.8 Å². The van der Waals surface area contributed by atoms with Gasteiger partial charge in [0.15, 0.2) is 5.96 Å². The van der Waals surface area contributed by atoms with E-state index in [9.17, 15) is 0 Å². The topological polar surface area (TPSA) is 61.8 Å². The number of nitrogens with one attached hydrogen (secondary N) is 2. The zero-order valence-electron chi connectivity index (χ0n) is 20.6. The van der Waals surface area contributed by atoms with Crippen molar-refractivity contribution >= 4 is 35.8 Å². The lowest BCUT2D eigenvalue weighted by Crippen LogP contribution is -2.41. The minimum atomic E-state index is 0. The van der Waals surface area contributed by atoms with Crippen LogP contribution in [0, 0.1) is 12.8 Å². The Labute approximate surface area is 222 Å². The number of anilines is 1. The van der Waals surface area contributed by atoms with E-state index >= 15 is 0 Å². The highest BCUT2D eigenvalue weighted by molar-refractivity contribution is 14.0. The van der Waals surface area contributed by atoms with Crippen LogP contribution in [0.1, 0.15) is 61.3 Å². The molecule has 2 aliphatic heterocycles. The molecule has 7 heteroatoms. The van der Waals surface area contributed by atoms with Gasteiger partial charge in [-0.25, -0.2) is 4.98 Å². The summed E-state index contributed by atoms with van der Waals surface area (Å²) in [7, 11) is 1.82. The van der Waals surface area contributed by atoms with E-state index in [1.165, 1.54) is 36.8 Å². The largest absolute Gasteiger partial charge is 0.373 e. The molecule has 0 radical (unpaired) electrons. The van der Waals surface area contributed by atoms with Crippen molar-refractivity contribution < 1.29 is 4.74 Å². The fraction of sp³-hybridized carbons (Fsp3) is 0.556. The zero-order chi connectivity index (χ0) is 22.9. The lowest BCUT2D eigenvalue weighted by molar-refractivity contribution is -0.0265. The maximum absolute atomic E-state index is 6.17. The number of nitrogens with zero attached hydrogens (tertiary/aromatic N) is 3. The number of aryl methyl sites for hydroxylation is 1. The molecule has 186 valence electrons. The van der Waals surface area contributed by atoms with Gasteiger partial charge in [-0.2, -0.15) is 0 Å². The SMILES string of the molecule is CN=C(NCc1ccc(N2CCCCCC2)nc1)NCC1CCCOC1c1ccc(C)cc1.I. The molecule has 6 nitrogen and oxygen atoms in total. The van der Waals surface area contributed by atoms with Crippen molar-refractivity contribution in [1.29, 1.82) is 0 Å². The van der Waals surface area contributed by atoms with E-state index in [-0.39, 0.29) is 30.1 Å². The summed E-state index contributed by atoms with van der Waals surface area (Å²) in [4.78, 5) is 11.6. The van der Waals surface area contributed by atoms with Crippen LogP contribution in [0.3, 0.4) is 0 Å². The number of rotatable bonds is 6. The van der Waals surface area contributed by atoms with Crippen LogP contribution < -0.4 is 15.5 Å². The molecule has 1 aromatic carbocycles. The van der Waals surface area contributed by atoms with Gasteiger partial charge in [-0.3, -0.25) is 4.99 Å². The van der Waals surface area contributed by atoms with E-state index in [1.54, 1.807) is 0 Å². The van der Waals surface area contributed by atoms with Gasteiger partial charge in [0.2, 0.25) is 0 Å². The standard InChI is InChI=1S/C27H39N5O.HI/c1-21-9-12-23(13-10-21)26-24(8-7-17-33-26)20-31-27(28-2)30-19-22-11-14-25(29-18-22)32-15-5-3-4-6-16-32;/h9-14,18,24,26H,3-8,15-17,19-20H2,1-2H3,(H2,28,30,31);1H. The number of hydrogen-bond acceptors (Lipinski definition) is 4. The number of hydrogen-bond donors (Lipinski definition) is 2. The number of aromatic nitrogens is 1. The van der Waals surface area contributed by atoms with Gasteiger partial charge in [0, 0.05) is 51.9 Å². The molecule has 2 atom stereocenters. The van der Waals surface area contributed by atoms with E-state index in [1.807, 2.05) is 13.2 Å². The van der Waals surface area contributed by atoms with E-state index in [0.717, 1.165) is 56.4 Å². The first-order chi connectivity index (χ1) is 16.2. The van der Waals surface area contributed by atoms with Crippen LogP contribution >= 0.6 is 24.0 Å². The molecule has 2 aliphatic rings. The van der Waals surface area contributed by atoms with Gasteiger partial charge < -0.3 is 20.3 Å². The first-order valence-corrected chi connectivity index (χ1v) is 12.6. The second-order valence-corrected chi connectivity index (χ2v) is 9.34. The number of aliphatic imine (C=N–C) groups is 1. The molecule has 2 saturated heterocycles. The zero-order valence-corrected chi connectivity index (χ0v) is 23.0. The Morgan fingerprint density at radius 2 is 1.79 bits per heavy atom. The normalized spacial score (nSPS) is 21.4. The fourth-order valence-electron chi connectivity index (χ4n) is 4.82. The van der Waals surface area contributed by atoms with Crippen LogP contribution in [0.4, 0.5) is 5.82 Å². The summed E-state index contributed by atoms with van der Waals surface area (Å²) in [6.07, 6.45) is 9.60. The van der Waals surface area contributed by atoms with Crippen molar-refractivity contribution in [2.24, 2.45) is 10.9 Å². The maximum Gasteiger partial charge on any atom is 0.191 e. The summed E-state index contributed by atoms with van der Waals surface area (Å²) in [5.74, 6) is 2.34. The van der Waals surface area contributed by atoms with Crippen LogP contribution in [0.15, 0.2) is 47.6 Å². The minimum absolute atomic E-state index is 0. The average Bonchev–Trinajstić information content (AvgIpc) is 3.15. The molecule has 1 aromatic heterocycles. The third-order valence-electron chi connectivity index (χ3n) is 6.81. The van der Waals surface area contributed by atoms with Crippen molar-refractivity contribution in [3.05, 3.63) is 59.3 Å². The van der Waals surface area contributed by atoms with E-state index in [4.69, 9.17) is 9.72 Å². The predicted octanol–water partition coefficient (Wildman–Crippen LogP) is 5.22. The van der Waals surface area contributed by atoms with Crippen LogP contribution in [0.2, 0.25) is 0 Å². The van der Waals surface area contributed by atoms with Gasteiger partial charge in [0.1, 0.15) is 5.82 Å². The monoisotopic (exact) mass is 577 g/mol. The van der Waals surface area contributed by atoms with Gasteiger partial charge in [0.05, 0.1) is 6.10 Å². The molecule has 0 saturated carbocycles. The Bertz CT molecular complexity index is 879. The molecule has 2 aromatic rings. The Morgan fingerprint density at radius 3 is 2.47 bits per heavy atom. The highest BCUT2D eigenvalue weighted by Crippen LogP contribution is 2.33. The summed E-state index contributed by atoms with van der Waals surface area (Å²) in [5, 5.41) is 6.96. The van der Waals surface area contributed by atoms with Gasteiger partial charge in [-0.15, -0.1) is 24.0 Å². The smallest absolute Gasteiger partial charge is 0.191 e. The highest BCUT2D eigenvalue weighted by Gasteiger charge is 2.27. The minimum Gasteiger partial charge on any atom is -0.373 e. The van der Waals surface area contributed by atoms with Gasteiger partial charge >= 0.3 is 0 Å². The molecule has 2 fully saturated rings. The van der Waals surface area contributed by atoms with Crippen molar-refractivity contribution in [2.75, 3.05) is 38.2 Å². The Balaban J connectivity index is 0.00000324. The van der Waals surface area contributed by atoms with Gasteiger partial charge in [-0.05, 0) is 49.8 Å².